The summed E-state index contributed by atoms with van der Waals surface area (Å²) in [5.74, 6) is -2.92. The van der Waals surface area contributed by atoms with E-state index in [9.17, 15) is 19.1 Å². The predicted molar refractivity (Wildman–Crippen MR) is 115 cm³/mol. The Kier molecular flexibility index (Phi) is 7.73. The van der Waals surface area contributed by atoms with Crippen LogP contribution in [0.2, 0.25) is 0 Å². The van der Waals surface area contributed by atoms with Gasteiger partial charge >= 0.3 is 5.97 Å². The fourth-order valence-electron chi connectivity index (χ4n) is 3.56. The number of benzene rings is 2. The molecule has 0 fully saturated rings. The highest BCUT2D eigenvalue weighted by Crippen LogP contribution is 2.34. The highest BCUT2D eigenvalue weighted by atomic mass is 19.1. The molecule has 0 spiro atoms. The number of carboxylic acids is 1. The van der Waals surface area contributed by atoms with Crippen molar-refractivity contribution in [2.24, 2.45) is 0 Å². The molecule has 30 heavy (non-hydrogen) atoms. The van der Waals surface area contributed by atoms with E-state index >= 15 is 0 Å². The fraction of sp³-hybridized carbons (Fsp3) is 0.417. The molecule has 1 atom stereocenters. The minimum absolute atomic E-state index is 0.105. The van der Waals surface area contributed by atoms with E-state index in [4.69, 9.17) is 5.11 Å². The van der Waals surface area contributed by atoms with Gasteiger partial charge in [0.1, 0.15) is 5.82 Å². The Labute approximate surface area is 176 Å². The number of aliphatic hydroxyl groups excluding tert-OH is 1. The maximum Gasteiger partial charge on any atom is 0.335 e. The Morgan fingerprint density at radius 2 is 1.83 bits per heavy atom. The van der Waals surface area contributed by atoms with Crippen LogP contribution in [0.25, 0.3) is 0 Å². The standard InChI is InChI=1S/C24H30FNO4/c1-5-7-12-24(3,4)18-13-16(9-8-15(18)6-2)21(27)22(28)26-20-11-10-17(23(29)30)14-19(20)25/h8-11,13-14,21,27H,5-7,12H2,1-4H3,(H,26,28)(H,29,30). The molecule has 2 rings (SSSR count). The van der Waals surface area contributed by atoms with Gasteiger partial charge in [-0.3, -0.25) is 4.79 Å². The number of amides is 1. The Bertz CT molecular complexity index is 923. The number of rotatable bonds is 9. The molecule has 0 saturated heterocycles. The zero-order chi connectivity index (χ0) is 22.5. The van der Waals surface area contributed by atoms with E-state index in [0.717, 1.165) is 37.3 Å². The average molecular weight is 416 g/mol. The number of nitrogens with one attached hydrogen (secondary N) is 1. The number of aliphatic hydroxyl groups is 1. The van der Waals surface area contributed by atoms with Gasteiger partial charge in [-0.25, -0.2) is 9.18 Å². The van der Waals surface area contributed by atoms with E-state index < -0.39 is 23.8 Å². The summed E-state index contributed by atoms with van der Waals surface area (Å²) in [7, 11) is 0. The first-order chi connectivity index (χ1) is 14.1. The van der Waals surface area contributed by atoms with Crippen LogP contribution in [-0.2, 0) is 16.6 Å². The lowest BCUT2D eigenvalue weighted by molar-refractivity contribution is -0.124. The van der Waals surface area contributed by atoms with Crippen molar-refractivity contribution in [3.8, 4) is 0 Å². The number of halogens is 1. The Balaban J connectivity index is 2.27. The van der Waals surface area contributed by atoms with Crippen LogP contribution in [-0.4, -0.2) is 22.1 Å². The normalized spacial score (nSPS) is 12.5. The third-order valence-corrected chi connectivity index (χ3v) is 5.44. The Morgan fingerprint density at radius 3 is 2.40 bits per heavy atom. The third-order valence-electron chi connectivity index (χ3n) is 5.44. The van der Waals surface area contributed by atoms with Gasteiger partial charge in [0, 0.05) is 0 Å². The van der Waals surface area contributed by atoms with Crippen molar-refractivity contribution in [3.05, 3.63) is 64.5 Å². The maximum atomic E-state index is 14.1. The van der Waals surface area contributed by atoms with Crippen LogP contribution in [0.5, 0.6) is 0 Å². The molecule has 6 heteroatoms. The second kappa shape index (κ2) is 9.85. The number of aryl methyl sites for hydroxylation is 1. The number of aromatic carboxylic acids is 1. The van der Waals surface area contributed by atoms with E-state index in [1.807, 2.05) is 12.1 Å². The van der Waals surface area contributed by atoms with Crippen LogP contribution in [0.15, 0.2) is 36.4 Å². The van der Waals surface area contributed by atoms with E-state index in [-0.39, 0.29) is 16.7 Å². The summed E-state index contributed by atoms with van der Waals surface area (Å²) in [6, 6.07) is 8.70. The SMILES string of the molecule is CCCCC(C)(C)c1cc(C(O)C(=O)Nc2ccc(C(=O)O)cc2F)ccc1CC. The van der Waals surface area contributed by atoms with Crippen molar-refractivity contribution in [2.75, 3.05) is 5.32 Å². The summed E-state index contributed by atoms with van der Waals surface area (Å²) < 4.78 is 14.1. The summed E-state index contributed by atoms with van der Waals surface area (Å²) >= 11 is 0. The van der Waals surface area contributed by atoms with Gasteiger partial charge in [-0.05, 0) is 53.1 Å². The zero-order valence-corrected chi connectivity index (χ0v) is 18.0. The van der Waals surface area contributed by atoms with Crippen molar-refractivity contribution < 1.29 is 24.2 Å². The van der Waals surface area contributed by atoms with Crippen molar-refractivity contribution in [1.29, 1.82) is 0 Å². The molecule has 0 aliphatic heterocycles. The molecule has 2 aromatic carbocycles. The largest absolute Gasteiger partial charge is 0.478 e. The second-order valence-corrected chi connectivity index (χ2v) is 8.15. The van der Waals surface area contributed by atoms with Gasteiger partial charge < -0.3 is 15.5 Å². The summed E-state index contributed by atoms with van der Waals surface area (Å²) in [6.07, 6.45) is 2.52. The summed E-state index contributed by atoms with van der Waals surface area (Å²) in [4.78, 5) is 23.4. The molecule has 1 amide bonds. The average Bonchev–Trinajstić information content (AvgIpc) is 2.72. The highest BCUT2D eigenvalue weighted by Gasteiger charge is 2.26. The lowest BCUT2D eigenvalue weighted by Gasteiger charge is -2.29. The van der Waals surface area contributed by atoms with Gasteiger partial charge in [0.05, 0.1) is 11.3 Å². The third kappa shape index (κ3) is 5.45. The summed E-state index contributed by atoms with van der Waals surface area (Å²) in [6.45, 7) is 8.53. The van der Waals surface area contributed by atoms with Crippen LogP contribution in [0.1, 0.15) is 80.1 Å². The zero-order valence-electron chi connectivity index (χ0n) is 18.0. The van der Waals surface area contributed by atoms with Crippen molar-refractivity contribution in [1.82, 2.24) is 0 Å². The van der Waals surface area contributed by atoms with Gasteiger partial charge in [-0.15, -0.1) is 0 Å². The van der Waals surface area contributed by atoms with Gasteiger partial charge in [-0.2, -0.15) is 0 Å². The summed E-state index contributed by atoms with van der Waals surface area (Å²) in [5.41, 5.74) is 2.19. The minimum atomic E-state index is -1.48. The van der Waals surface area contributed by atoms with Crippen molar-refractivity contribution in [2.45, 2.75) is 64.9 Å². The molecule has 0 bridgehead atoms. The van der Waals surface area contributed by atoms with E-state index in [1.54, 1.807) is 6.07 Å². The van der Waals surface area contributed by atoms with Crippen molar-refractivity contribution >= 4 is 17.6 Å². The summed E-state index contributed by atoms with van der Waals surface area (Å²) in [5, 5.41) is 21.8. The Hall–Kier alpha value is -2.73. The topological polar surface area (TPSA) is 86.6 Å². The molecule has 5 nitrogen and oxygen atoms in total. The van der Waals surface area contributed by atoms with E-state index in [2.05, 4.69) is 33.0 Å². The van der Waals surface area contributed by atoms with E-state index in [0.29, 0.717) is 5.56 Å². The molecule has 2 aromatic rings. The first-order valence-corrected chi connectivity index (χ1v) is 10.3. The van der Waals surface area contributed by atoms with Gasteiger partial charge in [0.25, 0.3) is 5.91 Å². The molecule has 0 aliphatic rings. The molecule has 1 unspecified atom stereocenters. The van der Waals surface area contributed by atoms with Crippen LogP contribution in [0, 0.1) is 5.82 Å². The highest BCUT2D eigenvalue weighted by molar-refractivity contribution is 5.95. The number of anilines is 1. The minimum Gasteiger partial charge on any atom is -0.478 e. The number of hydrogen-bond acceptors (Lipinski definition) is 3. The number of unbranched alkanes of at least 4 members (excludes halogenated alkanes) is 1. The first-order valence-electron chi connectivity index (χ1n) is 10.3. The van der Waals surface area contributed by atoms with Crippen LogP contribution >= 0.6 is 0 Å². The fourth-order valence-corrected chi connectivity index (χ4v) is 3.56. The number of carbonyl (C=O) groups excluding carboxylic acids is 1. The maximum absolute atomic E-state index is 14.1. The number of carboxylic acid groups (broad SMARTS) is 1. The molecule has 162 valence electrons. The van der Waals surface area contributed by atoms with Gasteiger partial charge in [0.2, 0.25) is 0 Å². The Morgan fingerprint density at radius 1 is 1.13 bits per heavy atom. The first kappa shape index (κ1) is 23.5. The lowest BCUT2D eigenvalue weighted by atomic mass is 9.76. The predicted octanol–water partition coefficient (Wildman–Crippen LogP) is 5.23. The van der Waals surface area contributed by atoms with Crippen molar-refractivity contribution in [3.63, 3.8) is 0 Å². The van der Waals surface area contributed by atoms with Crippen LogP contribution < -0.4 is 5.32 Å². The smallest absolute Gasteiger partial charge is 0.335 e. The molecule has 0 heterocycles. The van der Waals surface area contributed by atoms with E-state index in [1.165, 1.54) is 17.7 Å². The molecule has 3 N–H and O–H groups in total. The molecule has 0 aliphatic carbocycles. The monoisotopic (exact) mass is 415 g/mol. The number of hydrogen-bond donors (Lipinski definition) is 3. The molecular weight excluding hydrogens is 385 g/mol. The van der Waals surface area contributed by atoms with Gasteiger partial charge in [-0.1, -0.05) is 58.7 Å². The molecule has 0 radical (unpaired) electrons. The molecular formula is C24H30FNO4. The lowest BCUT2D eigenvalue weighted by Crippen LogP contribution is -2.24. The van der Waals surface area contributed by atoms with Crippen LogP contribution in [0.3, 0.4) is 0 Å². The second-order valence-electron chi connectivity index (χ2n) is 8.15. The van der Waals surface area contributed by atoms with Crippen LogP contribution in [0.4, 0.5) is 10.1 Å². The number of carbonyl (C=O) groups is 2. The quantitative estimate of drug-likeness (QED) is 0.524. The van der Waals surface area contributed by atoms with Gasteiger partial charge in [0.15, 0.2) is 6.10 Å². The molecule has 0 saturated carbocycles. The molecule has 0 aromatic heterocycles.